The lowest BCUT2D eigenvalue weighted by Crippen LogP contribution is -2.07. The molecule has 5 rings (SSSR count). The van der Waals surface area contributed by atoms with Crippen LogP contribution in [0.25, 0.3) is 22.0 Å². The predicted octanol–water partition coefficient (Wildman–Crippen LogP) is 7.47. The summed E-state index contributed by atoms with van der Waals surface area (Å²) in [7, 11) is 1.55. The summed E-state index contributed by atoms with van der Waals surface area (Å²) in [5, 5.41) is 9.21. The number of nitrogens with zero attached hydrogens (tertiary/aromatic N) is 3. The molecule has 1 aliphatic carbocycles. The normalized spacial score (nSPS) is 14.0. The van der Waals surface area contributed by atoms with Gasteiger partial charge >= 0.3 is 6.18 Å². The van der Waals surface area contributed by atoms with E-state index in [0.717, 1.165) is 23.6 Å². The summed E-state index contributed by atoms with van der Waals surface area (Å²) in [6.45, 7) is 2.42. The van der Waals surface area contributed by atoms with Gasteiger partial charge < -0.3 is 15.2 Å². The highest BCUT2D eigenvalue weighted by atomic mass is 19.4. The van der Waals surface area contributed by atoms with E-state index in [1.807, 2.05) is 0 Å². The number of nitrogens with two attached hydrogens (primary N) is 1. The van der Waals surface area contributed by atoms with E-state index in [0.29, 0.717) is 27.8 Å². The van der Waals surface area contributed by atoms with Gasteiger partial charge in [-0.1, -0.05) is 51.2 Å². The third-order valence-corrected chi connectivity index (χ3v) is 6.62. The van der Waals surface area contributed by atoms with Crippen molar-refractivity contribution in [3.63, 3.8) is 0 Å². The lowest BCUT2D eigenvalue weighted by Gasteiger charge is -2.16. The average Bonchev–Trinajstić information content (AvgIpc) is 2.93. The van der Waals surface area contributed by atoms with Crippen molar-refractivity contribution in [3.05, 3.63) is 72.1 Å². The summed E-state index contributed by atoms with van der Waals surface area (Å²) in [4.78, 5) is 4.03. The Kier molecular flexibility index (Phi) is 8.66. The van der Waals surface area contributed by atoms with Gasteiger partial charge in [0.1, 0.15) is 23.8 Å². The van der Waals surface area contributed by atoms with E-state index in [-0.39, 0.29) is 18.2 Å². The number of hydrogen-bond donors (Lipinski definition) is 1. The minimum atomic E-state index is -4.52. The van der Waals surface area contributed by atoms with Gasteiger partial charge in [-0.05, 0) is 47.9 Å². The number of nitrogen functional groups attached to an aromatic ring is 1. The zero-order chi connectivity index (χ0) is 27.1. The summed E-state index contributed by atoms with van der Waals surface area (Å²) < 4.78 is 50.9. The fourth-order valence-corrected chi connectivity index (χ4v) is 4.42. The molecule has 6 nitrogen and oxygen atoms in total. The molecular weight excluding hydrogens is 493 g/mol. The van der Waals surface area contributed by atoms with Crippen LogP contribution in [0.15, 0.2) is 60.9 Å². The van der Waals surface area contributed by atoms with E-state index in [9.17, 15) is 13.2 Å². The second kappa shape index (κ2) is 12.1. The van der Waals surface area contributed by atoms with Crippen molar-refractivity contribution in [2.75, 3.05) is 12.8 Å². The van der Waals surface area contributed by atoms with E-state index >= 15 is 0 Å². The third kappa shape index (κ3) is 6.70. The molecule has 1 fully saturated rings. The molecule has 1 aliphatic rings. The van der Waals surface area contributed by atoms with Crippen LogP contribution in [0, 0.1) is 5.92 Å². The highest BCUT2D eigenvalue weighted by Crippen LogP contribution is 2.39. The first kappa shape index (κ1) is 27.2. The molecule has 1 saturated carbocycles. The molecule has 0 bridgehead atoms. The van der Waals surface area contributed by atoms with Crippen molar-refractivity contribution < 1.29 is 22.6 Å². The topological polar surface area (TPSA) is 83.2 Å². The molecule has 2 heterocycles. The highest BCUT2D eigenvalue weighted by Gasteiger charge is 2.32. The van der Waals surface area contributed by atoms with Gasteiger partial charge in [0.25, 0.3) is 0 Å². The summed E-state index contributed by atoms with van der Waals surface area (Å²) >= 11 is 0. The molecule has 38 heavy (non-hydrogen) atoms. The number of methoxy groups -OCH3 is 1. The third-order valence-electron chi connectivity index (χ3n) is 6.62. The van der Waals surface area contributed by atoms with E-state index in [4.69, 9.17) is 15.2 Å². The van der Waals surface area contributed by atoms with Gasteiger partial charge in [-0.25, -0.2) is 0 Å². The number of halogens is 3. The molecule has 4 aromatic rings. The average molecular weight is 525 g/mol. The van der Waals surface area contributed by atoms with Gasteiger partial charge in [-0.15, -0.1) is 10.2 Å². The Morgan fingerprint density at radius 3 is 2.32 bits per heavy atom. The monoisotopic (exact) mass is 524 g/mol. The molecule has 0 spiro atoms. The van der Waals surface area contributed by atoms with Crippen molar-refractivity contribution in [1.82, 2.24) is 15.2 Å². The van der Waals surface area contributed by atoms with Crippen LogP contribution in [0.4, 0.5) is 19.0 Å². The Morgan fingerprint density at radius 2 is 1.68 bits per heavy atom. The first-order valence-corrected chi connectivity index (χ1v) is 12.6. The minimum absolute atomic E-state index is 0.0304. The van der Waals surface area contributed by atoms with Gasteiger partial charge in [-0.3, -0.25) is 4.98 Å². The maximum Gasteiger partial charge on any atom is 0.416 e. The number of pyridine rings is 1. The Labute approximate surface area is 220 Å². The van der Waals surface area contributed by atoms with Crippen LogP contribution in [0.5, 0.6) is 11.5 Å². The first-order valence-electron chi connectivity index (χ1n) is 12.6. The molecule has 200 valence electrons. The second-order valence-corrected chi connectivity index (χ2v) is 9.44. The summed E-state index contributed by atoms with van der Waals surface area (Å²) in [5.41, 5.74) is 6.54. The van der Waals surface area contributed by atoms with Crippen molar-refractivity contribution in [1.29, 1.82) is 0 Å². The molecule has 0 unspecified atom stereocenters. The molecule has 9 heteroatoms. The van der Waals surface area contributed by atoms with Gasteiger partial charge in [0.2, 0.25) is 0 Å². The zero-order valence-corrected chi connectivity index (χ0v) is 21.5. The van der Waals surface area contributed by atoms with Crippen molar-refractivity contribution in [2.24, 2.45) is 5.92 Å². The standard InChI is InChI=1S/C22H17F3N4O2.C7H14/c1-30-15-5-2-13(3-6-15)12-31-19-10-14(22(23,24)25)4-7-17(19)20-16-8-9-27-11-18(16)21(26)29-28-20;1-7-5-3-2-4-6-7/h2-11H,12H2,1H3,(H2,26,29);7H,2-6H2,1H3. The van der Waals surface area contributed by atoms with Crippen molar-refractivity contribution in [3.8, 4) is 22.8 Å². The van der Waals surface area contributed by atoms with Gasteiger partial charge in [-0.2, -0.15) is 13.2 Å². The molecule has 0 aliphatic heterocycles. The van der Waals surface area contributed by atoms with Crippen molar-refractivity contribution in [2.45, 2.75) is 51.8 Å². The van der Waals surface area contributed by atoms with Crippen LogP contribution in [0.2, 0.25) is 0 Å². The Hall–Kier alpha value is -3.88. The number of rotatable bonds is 5. The minimum Gasteiger partial charge on any atom is -0.497 e. The van der Waals surface area contributed by atoms with E-state index < -0.39 is 11.7 Å². The van der Waals surface area contributed by atoms with Crippen LogP contribution in [-0.2, 0) is 12.8 Å². The molecule has 0 radical (unpaired) electrons. The maximum atomic E-state index is 13.3. The SMILES string of the molecule is CC1CCCCC1.COc1ccc(COc2cc(C(F)(F)F)ccc2-c2nnc(N)c3cnccc23)cc1. The fraction of sp³-hybridized carbons (Fsp3) is 0.345. The number of hydrogen-bond acceptors (Lipinski definition) is 6. The van der Waals surface area contributed by atoms with Gasteiger partial charge in [0.05, 0.1) is 12.7 Å². The summed E-state index contributed by atoms with van der Waals surface area (Å²) in [6, 6.07) is 12.0. The van der Waals surface area contributed by atoms with E-state index in [1.54, 1.807) is 43.6 Å². The number of anilines is 1. The van der Waals surface area contributed by atoms with Gasteiger partial charge in [0, 0.05) is 28.7 Å². The summed E-state index contributed by atoms with van der Waals surface area (Å²) in [6.07, 6.45) is 6.00. The Balaban J connectivity index is 0.000000417. The van der Waals surface area contributed by atoms with Crippen LogP contribution in [0.3, 0.4) is 0 Å². The van der Waals surface area contributed by atoms with Crippen molar-refractivity contribution >= 4 is 16.6 Å². The van der Waals surface area contributed by atoms with Crippen LogP contribution in [-0.4, -0.2) is 22.3 Å². The number of aromatic nitrogens is 3. The quantitative estimate of drug-likeness (QED) is 0.292. The smallest absolute Gasteiger partial charge is 0.416 e. The summed E-state index contributed by atoms with van der Waals surface area (Å²) in [5.74, 6) is 1.91. The molecule has 2 aromatic carbocycles. The maximum absolute atomic E-state index is 13.3. The van der Waals surface area contributed by atoms with E-state index in [2.05, 4.69) is 22.1 Å². The molecule has 0 amide bonds. The Morgan fingerprint density at radius 1 is 0.947 bits per heavy atom. The number of fused-ring (bicyclic) bond motifs is 1. The van der Waals surface area contributed by atoms with Gasteiger partial charge in [0.15, 0.2) is 5.82 Å². The van der Waals surface area contributed by atoms with E-state index in [1.165, 1.54) is 44.4 Å². The lowest BCUT2D eigenvalue weighted by molar-refractivity contribution is -0.137. The second-order valence-electron chi connectivity index (χ2n) is 9.44. The molecular formula is C29H31F3N4O2. The van der Waals surface area contributed by atoms with Crippen LogP contribution in [0.1, 0.15) is 50.2 Å². The van der Waals surface area contributed by atoms with Crippen LogP contribution >= 0.6 is 0 Å². The molecule has 0 saturated heterocycles. The molecule has 2 aromatic heterocycles. The number of alkyl halides is 3. The Bertz CT molecular complexity index is 1350. The molecule has 2 N–H and O–H groups in total. The largest absolute Gasteiger partial charge is 0.497 e. The number of benzene rings is 2. The zero-order valence-electron chi connectivity index (χ0n) is 21.5. The molecule has 0 atom stereocenters. The number of ether oxygens (including phenoxy) is 2. The first-order chi connectivity index (χ1) is 18.3. The fourth-order valence-electron chi connectivity index (χ4n) is 4.42. The lowest BCUT2D eigenvalue weighted by atomic mass is 9.91. The highest BCUT2D eigenvalue weighted by molar-refractivity contribution is 5.99. The van der Waals surface area contributed by atoms with Crippen LogP contribution < -0.4 is 15.2 Å². The predicted molar refractivity (Wildman–Crippen MR) is 142 cm³/mol.